The SMILES string of the molecule is COc1cc(C(=O)NCCOc2ccc(F)c(F)c2)cc(OC)c1OC. The number of methoxy groups -OCH3 is 3. The Morgan fingerprint density at radius 1 is 0.962 bits per heavy atom. The van der Waals surface area contributed by atoms with Crippen molar-refractivity contribution in [1.82, 2.24) is 5.32 Å². The lowest BCUT2D eigenvalue weighted by Gasteiger charge is -2.14. The van der Waals surface area contributed by atoms with Crippen molar-refractivity contribution in [2.45, 2.75) is 0 Å². The zero-order valence-corrected chi connectivity index (χ0v) is 14.6. The number of ether oxygens (including phenoxy) is 4. The second kappa shape index (κ2) is 8.89. The van der Waals surface area contributed by atoms with Gasteiger partial charge in [-0.1, -0.05) is 0 Å². The van der Waals surface area contributed by atoms with Gasteiger partial charge in [0.2, 0.25) is 5.75 Å². The van der Waals surface area contributed by atoms with E-state index in [2.05, 4.69) is 5.32 Å². The number of carbonyl (C=O) groups is 1. The molecule has 0 saturated carbocycles. The van der Waals surface area contributed by atoms with E-state index in [4.69, 9.17) is 18.9 Å². The lowest BCUT2D eigenvalue weighted by molar-refractivity contribution is 0.0946. The van der Waals surface area contributed by atoms with Crippen LogP contribution in [0.1, 0.15) is 10.4 Å². The monoisotopic (exact) mass is 367 g/mol. The first-order chi connectivity index (χ1) is 12.5. The van der Waals surface area contributed by atoms with Crippen LogP contribution in [-0.2, 0) is 0 Å². The van der Waals surface area contributed by atoms with Gasteiger partial charge in [0.15, 0.2) is 23.1 Å². The van der Waals surface area contributed by atoms with Crippen LogP contribution in [0.15, 0.2) is 30.3 Å². The van der Waals surface area contributed by atoms with Gasteiger partial charge < -0.3 is 24.3 Å². The average Bonchev–Trinajstić information content (AvgIpc) is 2.66. The fourth-order valence-corrected chi connectivity index (χ4v) is 2.21. The summed E-state index contributed by atoms with van der Waals surface area (Å²) in [6, 6.07) is 6.26. The lowest BCUT2D eigenvalue weighted by atomic mass is 10.1. The highest BCUT2D eigenvalue weighted by molar-refractivity contribution is 5.95. The number of benzene rings is 2. The number of nitrogens with one attached hydrogen (secondary N) is 1. The molecule has 0 spiro atoms. The van der Waals surface area contributed by atoms with Crippen LogP contribution >= 0.6 is 0 Å². The van der Waals surface area contributed by atoms with E-state index < -0.39 is 11.6 Å². The summed E-state index contributed by atoms with van der Waals surface area (Å²) in [7, 11) is 4.37. The quantitative estimate of drug-likeness (QED) is 0.727. The summed E-state index contributed by atoms with van der Waals surface area (Å²) >= 11 is 0. The standard InChI is InChI=1S/C18H19F2NO5/c1-23-15-8-11(9-16(24-2)17(15)25-3)18(22)21-6-7-26-12-4-5-13(19)14(20)10-12/h4-5,8-10H,6-7H2,1-3H3,(H,21,22). The predicted octanol–water partition coefficient (Wildman–Crippen LogP) is 2.80. The molecule has 0 atom stereocenters. The molecule has 6 nitrogen and oxygen atoms in total. The Morgan fingerprint density at radius 2 is 1.62 bits per heavy atom. The Labute approximate surface area is 149 Å². The predicted molar refractivity (Wildman–Crippen MR) is 90.3 cm³/mol. The van der Waals surface area contributed by atoms with Gasteiger partial charge in [0.25, 0.3) is 5.91 Å². The largest absolute Gasteiger partial charge is 0.493 e. The summed E-state index contributed by atoms with van der Waals surface area (Å²) in [5.41, 5.74) is 0.312. The van der Waals surface area contributed by atoms with Crippen molar-refractivity contribution in [3.8, 4) is 23.0 Å². The Hall–Kier alpha value is -3.03. The molecule has 0 heterocycles. The van der Waals surface area contributed by atoms with E-state index in [9.17, 15) is 13.6 Å². The van der Waals surface area contributed by atoms with Crippen molar-refractivity contribution in [2.24, 2.45) is 0 Å². The van der Waals surface area contributed by atoms with Crippen molar-refractivity contribution in [2.75, 3.05) is 34.5 Å². The van der Waals surface area contributed by atoms with Gasteiger partial charge in [-0.2, -0.15) is 0 Å². The van der Waals surface area contributed by atoms with Gasteiger partial charge in [-0.25, -0.2) is 8.78 Å². The van der Waals surface area contributed by atoms with E-state index in [1.165, 1.54) is 39.5 Å². The lowest BCUT2D eigenvalue weighted by Crippen LogP contribution is -2.28. The third kappa shape index (κ3) is 4.53. The molecule has 2 aromatic carbocycles. The molecule has 0 aromatic heterocycles. The molecule has 0 bridgehead atoms. The van der Waals surface area contributed by atoms with Crippen LogP contribution in [0.25, 0.3) is 0 Å². The van der Waals surface area contributed by atoms with E-state index >= 15 is 0 Å². The summed E-state index contributed by atoms with van der Waals surface area (Å²) in [6.07, 6.45) is 0. The second-order valence-electron chi connectivity index (χ2n) is 5.09. The van der Waals surface area contributed by atoms with Crippen LogP contribution in [0, 0.1) is 11.6 Å². The van der Waals surface area contributed by atoms with E-state index in [1.807, 2.05) is 0 Å². The molecule has 0 aliphatic carbocycles. The average molecular weight is 367 g/mol. The summed E-state index contributed by atoms with van der Waals surface area (Å²) in [5.74, 6) is -1.06. The molecule has 0 fully saturated rings. The number of hydrogen-bond donors (Lipinski definition) is 1. The van der Waals surface area contributed by atoms with Crippen molar-refractivity contribution in [1.29, 1.82) is 0 Å². The summed E-state index contributed by atoms with van der Waals surface area (Å²) in [4.78, 5) is 12.3. The van der Waals surface area contributed by atoms with Gasteiger partial charge in [0.1, 0.15) is 12.4 Å². The molecule has 0 radical (unpaired) electrons. The molecule has 2 rings (SSSR count). The number of carbonyl (C=O) groups excluding carboxylic acids is 1. The van der Waals surface area contributed by atoms with Gasteiger partial charge in [-0.3, -0.25) is 4.79 Å². The van der Waals surface area contributed by atoms with Gasteiger partial charge in [-0.15, -0.1) is 0 Å². The molecule has 1 amide bonds. The summed E-state index contributed by atoms with van der Waals surface area (Å²) < 4.78 is 46.8. The molecule has 0 aliphatic rings. The van der Waals surface area contributed by atoms with Crippen molar-refractivity contribution in [3.05, 3.63) is 47.5 Å². The maximum Gasteiger partial charge on any atom is 0.251 e. The van der Waals surface area contributed by atoms with Gasteiger partial charge in [-0.05, 0) is 24.3 Å². The highest BCUT2D eigenvalue weighted by Gasteiger charge is 2.16. The minimum absolute atomic E-state index is 0.0846. The first-order valence-corrected chi connectivity index (χ1v) is 7.66. The zero-order chi connectivity index (χ0) is 19.1. The highest BCUT2D eigenvalue weighted by Crippen LogP contribution is 2.38. The fraction of sp³-hybridized carbons (Fsp3) is 0.278. The van der Waals surface area contributed by atoms with Crippen LogP contribution in [-0.4, -0.2) is 40.4 Å². The van der Waals surface area contributed by atoms with E-state index in [0.29, 0.717) is 22.8 Å². The summed E-state index contributed by atoms with van der Waals surface area (Å²) in [5, 5.41) is 2.65. The topological polar surface area (TPSA) is 66.0 Å². The van der Waals surface area contributed by atoms with E-state index in [0.717, 1.165) is 12.1 Å². The third-order valence-electron chi connectivity index (χ3n) is 3.47. The Balaban J connectivity index is 1.96. The molecule has 0 saturated heterocycles. The maximum absolute atomic E-state index is 13.1. The van der Waals surface area contributed by atoms with Crippen molar-refractivity contribution < 1.29 is 32.5 Å². The normalized spacial score (nSPS) is 10.2. The molecule has 140 valence electrons. The van der Waals surface area contributed by atoms with Gasteiger partial charge >= 0.3 is 0 Å². The molecular weight excluding hydrogens is 348 g/mol. The smallest absolute Gasteiger partial charge is 0.251 e. The molecule has 26 heavy (non-hydrogen) atoms. The second-order valence-corrected chi connectivity index (χ2v) is 5.09. The van der Waals surface area contributed by atoms with Crippen molar-refractivity contribution >= 4 is 5.91 Å². The van der Waals surface area contributed by atoms with Crippen molar-refractivity contribution in [3.63, 3.8) is 0 Å². The molecule has 2 aromatic rings. The van der Waals surface area contributed by atoms with Crippen LogP contribution in [0.4, 0.5) is 8.78 Å². The molecule has 8 heteroatoms. The molecule has 0 aliphatic heterocycles. The van der Waals surface area contributed by atoms with Crippen LogP contribution in [0.5, 0.6) is 23.0 Å². The Kier molecular flexibility index (Phi) is 6.60. The number of hydrogen-bond acceptors (Lipinski definition) is 5. The third-order valence-corrected chi connectivity index (χ3v) is 3.47. The molecule has 0 unspecified atom stereocenters. The molecule has 1 N–H and O–H groups in total. The number of amides is 1. The maximum atomic E-state index is 13.1. The zero-order valence-electron chi connectivity index (χ0n) is 14.6. The van der Waals surface area contributed by atoms with E-state index in [1.54, 1.807) is 0 Å². The number of halogens is 2. The first kappa shape index (κ1) is 19.3. The summed E-state index contributed by atoms with van der Waals surface area (Å²) in [6.45, 7) is 0.246. The highest BCUT2D eigenvalue weighted by atomic mass is 19.2. The minimum atomic E-state index is -0.996. The molecular formula is C18H19F2NO5. The Morgan fingerprint density at radius 3 is 2.15 bits per heavy atom. The Bertz CT molecular complexity index is 757. The van der Waals surface area contributed by atoms with Crippen LogP contribution in [0.3, 0.4) is 0 Å². The first-order valence-electron chi connectivity index (χ1n) is 7.66. The van der Waals surface area contributed by atoms with Crippen LogP contribution < -0.4 is 24.3 Å². The van der Waals surface area contributed by atoms with Gasteiger partial charge in [0.05, 0.1) is 27.9 Å². The minimum Gasteiger partial charge on any atom is -0.493 e. The van der Waals surface area contributed by atoms with E-state index in [-0.39, 0.29) is 24.8 Å². The van der Waals surface area contributed by atoms with Crippen LogP contribution in [0.2, 0.25) is 0 Å². The fourth-order valence-electron chi connectivity index (χ4n) is 2.21. The number of rotatable bonds is 8. The van der Waals surface area contributed by atoms with Gasteiger partial charge in [0, 0.05) is 11.6 Å².